The Hall–Kier alpha value is -4.96. The van der Waals surface area contributed by atoms with E-state index in [0.717, 1.165) is 44.6 Å². The summed E-state index contributed by atoms with van der Waals surface area (Å²) in [7, 11) is 0. The summed E-state index contributed by atoms with van der Waals surface area (Å²) < 4.78 is 2.25. The fourth-order valence-corrected chi connectivity index (χ4v) is 5.49. The molecular weight excluding hydrogens is 466 g/mol. The van der Waals surface area contributed by atoms with Crippen molar-refractivity contribution >= 4 is 32.7 Å². The van der Waals surface area contributed by atoms with Crippen molar-refractivity contribution in [2.45, 2.75) is 12.8 Å². The predicted molar refractivity (Wildman–Crippen MR) is 154 cm³/mol. The predicted octanol–water partition coefficient (Wildman–Crippen LogP) is 7.92. The molecule has 1 atom stereocenters. The molecule has 0 aliphatic heterocycles. The first kappa shape index (κ1) is 22.3. The van der Waals surface area contributed by atoms with E-state index in [1.54, 1.807) is 6.07 Å². The lowest BCUT2D eigenvalue weighted by molar-refractivity contribution is 0.480. The molecule has 0 spiro atoms. The Morgan fingerprint density at radius 1 is 0.684 bits per heavy atom. The molecule has 7 aromatic rings. The molecule has 4 heteroatoms. The number of aromatic nitrogens is 3. The number of aryl methyl sites for hydroxylation is 1. The van der Waals surface area contributed by atoms with Crippen LogP contribution in [0.5, 0.6) is 5.75 Å². The highest BCUT2D eigenvalue weighted by Crippen LogP contribution is 2.38. The summed E-state index contributed by atoms with van der Waals surface area (Å²) in [5.41, 5.74) is 7.13. The fraction of sp³-hybridized carbons (Fsp3) is 0.0588. The number of rotatable bonds is 4. The molecule has 0 radical (unpaired) electrons. The van der Waals surface area contributed by atoms with Crippen LogP contribution in [0.4, 0.5) is 0 Å². The average molecular weight is 492 g/mol. The fourth-order valence-electron chi connectivity index (χ4n) is 5.49. The van der Waals surface area contributed by atoms with Gasteiger partial charge in [-0.3, -0.25) is 4.57 Å². The molecule has 38 heavy (non-hydrogen) atoms. The summed E-state index contributed by atoms with van der Waals surface area (Å²) >= 11 is 0. The van der Waals surface area contributed by atoms with Gasteiger partial charge in [-0.25, -0.2) is 9.97 Å². The zero-order valence-electron chi connectivity index (χ0n) is 20.9. The number of hydrogen-bond acceptors (Lipinski definition) is 3. The molecule has 7 rings (SSSR count). The normalized spacial score (nSPS) is 12.3. The van der Waals surface area contributed by atoms with Crippen LogP contribution < -0.4 is 0 Å². The summed E-state index contributed by atoms with van der Waals surface area (Å²) in [5, 5.41) is 13.8. The maximum Gasteiger partial charge on any atom is 0.141 e. The largest absolute Gasteiger partial charge is 0.506 e. The van der Waals surface area contributed by atoms with Gasteiger partial charge in [-0.05, 0) is 53.9 Å². The molecule has 3 aromatic heterocycles. The molecule has 0 saturated heterocycles. The molecule has 4 aromatic carbocycles. The van der Waals surface area contributed by atoms with Crippen molar-refractivity contribution in [3.8, 4) is 11.6 Å². The Morgan fingerprint density at radius 2 is 1.50 bits per heavy atom. The van der Waals surface area contributed by atoms with E-state index in [2.05, 4.69) is 96.4 Å². The number of hydrogen-bond donors (Lipinski definition) is 1. The van der Waals surface area contributed by atoms with Crippen molar-refractivity contribution in [1.82, 2.24) is 14.5 Å². The van der Waals surface area contributed by atoms with Gasteiger partial charge in [0.15, 0.2) is 0 Å². The lowest BCUT2D eigenvalue weighted by Crippen LogP contribution is -2.06. The third-order valence-corrected chi connectivity index (χ3v) is 7.31. The van der Waals surface area contributed by atoms with E-state index >= 15 is 0 Å². The molecule has 182 valence electrons. The van der Waals surface area contributed by atoms with E-state index in [0.29, 0.717) is 5.52 Å². The standard InChI is InChI=1S/C34H25N3O/c1-22-14-19-32(35-21-22)37-29-12-6-5-11-26(29)27-17-15-25(20-30(27)37)33(23-8-3-2-4-9-23)28-18-16-24-10-7-13-31(38)34(24)36-28/h2-21,33,38H,1H3. The molecule has 1 unspecified atom stereocenters. The van der Waals surface area contributed by atoms with E-state index in [1.807, 2.05) is 30.5 Å². The van der Waals surface area contributed by atoms with E-state index in [-0.39, 0.29) is 11.7 Å². The summed E-state index contributed by atoms with van der Waals surface area (Å²) in [6, 6.07) is 39.4. The van der Waals surface area contributed by atoms with Gasteiger partial charge in [0.25, 0.3) is 0 Å². The van der Waals surface area contributed by atoms with Gasteiger partial charge in [-0.2, -0.15) is 0 Å². The van der Waals surface area contributed by atoms with Gasteiger partial charge in [0, 0.05) is 22.4 Å². The van der Waals surface area contributed by atoms with Crippen molar-refractivity contribution in [2.75, 3.05) is 0 Å². The van der Waals surface area contributed by atoms with Gasteiger partial charge in [0.1, 0.15) is 17.1 Å². The quantitative estimate of drug-likeness (QED) is 0.272. The number of para-hydroxylation sites is 2. The number of phenols is 1. The van der Waals surface area contributed by atoms with Crippen LogP contribution in [0.3, 0.4) is 0 Å². The van der Waals surface area contributed by atoms with Crippen LogP contribution in [0.1, 0.15) is 28.3 Å². The van der Waals surface area contributed by atoms with Gasteiger partial charge in [0.05, 0.1) is 22.6 Å². The molecule has 0 amide bonds. The number of aromatic hydroxyl groups is 1. The third-order valence-electron chi connectivity index (χ3n) is 7.31. The lowest BCUT2D eigenvalue weighted by atomic mass is 9.87. The van der Waals surface area contributed by atoms with Gasteiger partial charge in [0.2, 0.25) is 0 Å². The Bertz CT molecular complexity index is 1940. The number of nitrogens with zero attached hydrogens (tertiary/aromatic N) is 3. The van der Waals surface area contributed by atoms with Gasteiger partial charge < -0.3 is 5.11 Å². The smallest absolute Gasteiger partial charge is 0.141 e. The average Bonchev–Trinajstić information content (AvgIpc) is 3.28. The molecule has 0 saturated carbocycles. The van der Waals surface area contributed by atoms with Crippen molar-refractivity contribution in [3.05, 3.63) is 144 Å². The van der Waals surface area contributed by atoms with Crippen LogP contribution in [0.25, 0.3) is 38.5 Å². The minimum atomic E-state index is -0.109. The Labute approximate surface area is 220 Å². The Kier molecular flexibility index (Phi) is 5.19. The van der Waals surface area contributed by atoms with E-state index in [1.165, 1.54) is 10.8 Å². The topological polar surface area (TPSA) is 50.9 Å². The first-order valence-electron chi connectivity index (χ1n) is 12.8. The molecular formula is C34H25N3O. The van der Waals surface area contributed by atoms with Crippen LogP contribution in [-0.2, 0) is 0 Å². The summed E-state index contributed by atoms with van der Waals surface area (Å²) in [6.07, 6.45) is 1.91. The van der Waals surface area contributed by atoms with E-state index in [9.17, 15) is 5.11 Å². The molecule has 0 aliphatic carbocycles. The number of fused-ring (bicyclic) bond motifs is 4. The highest BCUT2D eigenvalue weighted by atomic mass is 16.3. The second kappa shape index (κ2) is 8.86. The van der Waals surface area contributed by atoms with E-state index < -0.39 is 0 Å². The lowest BCUT2D eigenvalue weighted by Gasteiger charge is -2.19. The number of phenolic OH excluding ortho intramolecular Hbond substituents is 1. The first-order chi connectivity index (χ1) is 18.7. The van der Waals surface area contributed by atoms with Crippen LogP contribution in [0.15, 0.2) is 121 Å². The maximum absolute atomic E-state index is 10.5. The maximum atomic E-state index is 10.5. The third kappa shape index (κ3) is 3.61. The van der Waals surface area contributed by atoms with Gasteiger partial charge in [-0.15, -0.1) is 0 Å². The number of benzene rings is 4. The summed E-state index contributed by atoms with van der Waals surface area (Å²) in [5.74, 6) is 0.975. The molecule has 3 heterocycles. The zero-order chi connectivity index (χ0) is 25.6. The molecule has 0 fully saturated rings. The van der Waals surface area contributed by atoms with Crippen LogP contribution in [0, 0.1) is 6.92 Å². The minimum Gasteiger partial charge on any atom is -0.506 e. The van der Waals surface area contributed by atoms with Crippen LogP contribution >= 0.6 is 0 Å². The van der Waals surface area contributed by atoms with Gasteiger partial charge in [-0.1, -0.05) is 84.9 Å². The van der Waals surface area contributed by atoms with Crippen LogP contribution in [0.2, 0.25) is 0 Å². The second-order valence-corrected chi connectivity index (χ2v) is 9.75. The Morgan fingerprint density at radius 3 is 2.34 bits per heavy atom. The highest BCUT2D eigenvalue weighted by Gasteiger charge is 2.21. The minimum absolute atomic E-state index is 0.109. The summed E-state index contributed by atoms with van der Waals surface area (Å²) in [4.78, 5) is 9.75. The first-order valence-corrected chi connectivity index (χ1v) is 12.8. The molecule has 1 N–H and O–H groups in total. The van der Waals surface area contributed by atoms with Crippen molar-refractivity contribution in [1.29, 1.82) is 0 Å². The number of pyridine rings is 2. The molecule has 4 nitrogen and oxygen atoms in total. The van der Waals surface area contributed by atoms with Crippen molar-refractivity contribution in [2.24, 2.45) is 0 Å². The SMILES string of the molecule is Cc1ccc(-n2c3ccccc3c3ccc(C(c4ccccc4)c4ccc5cccc(O)c5n4)cc32)nc1. The molecule has 0 aliphatic rings. The van der Waals surface area contributed by atoms with Crippen LogP contribution in [-0.4, -0.2) is 19.6 Å². The van der Waals surface area contributed by atoms with Crippen molar-refractivity contribution in [3.63, 3.8) is 0 Å². The van der Waals surface area contributed by atoms with E-state index in [4.69, 9.17) is 9.97 Å². The Balaban J connectivity index is 1.50. The van der Waals surface area contributed by atoms with Crippen molar-refractivity contribution < 1.29 is 5.11 Å². The zero-order valence-corrected chi connectivity index (χ0v) is 20.9. The monoisotopic (exact) mass is 491 g/mol. The second-order valence-electron chi connectivity index (χ2n) is 9.75. The highest BCUT2D eigenvalue weighted by molar-refractivity contribution is 6.09. The summed E-state index contributed by atoms with van der Waals surface area (Å²) in [6.45, 7) is 2.06. The molecule has 0 bridgehead atoms. The van der Waals surface area contributed by atoms with Gasteiger partial charge >= 0.3 is 0 Å².